The molecule has 4 heteroatoms. The van der Waals surface area contributed by atoms with Crippen LogP contribution in [0.15, 0.2) is 30.3 Å². The molecule has 19 heavy (non-hydrogen) atoms. The molecule has 106 valence electrons. The summed E-state index contributed by atoms with van der Waals surface area (Å²) in [5.41, 5.74) is 1.43. The van der Waals surface area contributed by atoms with E-state index in [4.69, 9.17) is 4.52 Å². The van der Waals surface area contributed by atoms with Crippen LogP contribution in [0, 0.1) is 0 Å². The lowest BCUT2D eigenvalue weighted by Gasteiger charge is -2.37. The number of rotatable bonds is 5. The predicted molar refractivity (Wildman–Crippen MR) is 92.4 cm³/mol. The van der Waals surface area contributed by atoms with Crippen LogP contribution in [0.3, 0.4) is 0 Å². The Morgan fingerprint density at radius 3 is 2.00 bits per heavy atom. The average molecular weight is 311 g/mol. The highest BCUT2D eigenvalue weighted by Crippen LogP contribution is 2.69. The molecule has 1 fully saturated rings. The summed E-state index contributed by atoms with van der Waals surface area (Å²) >= 11 is 0. The second-order valence-electron chi connectivity index (χ2n) is 7.74. The summed E-state index contributed by atoms with van der Waals surface area (Å²) in [6.07, 6.45) is 1.12. The molecule has 1 aliphatic rings. The van der Waals surface area contributed by atoms with E-state index in [0.717, 1.165) is 11.3 Å². The topological polar surface area (TPSA) is 12.5 Å². The molecule has 1 aromatic rings. The molecule has 1 nitrogen and oxygen atoms in total. The molecule has 2 atom stereocenters. The lowest BCUT2D eigenvalue weighted by atomic mass is 10.2. The van der Waals surface area contributed by atoms with Crippen molar-refractivity contribution in [2.45, 2.75) is 56.5 Å². The van der Waals surface area contributed by atoms with E-state index >= 15 is 0 Å². The third-order valence-corrected chi connectivity index (χ3v) is 19.9. The van der Waals surface area contributed by atoms with Gasteiger partial charge in [0.1, 0.15) is 5.85 Å². The summed E-state index contributed by atoms with van der Waals surface area (Å²) in [5.74, 6) is 0.542. The highest BCUT2D eigenvalue weighted by atomic mass is 31.2. The highest BCUT2D eigenvalue weighted by molar-refractivity contribution is 7.66. The van der Waals surface area contributed by atoms with Crippen molar-refractivity contribution >= 4 is 24.3 Å². The molecule has 1 heterocycles. The van der Waals surface area contributed by atoms with Gasteiger partial charge in [0.05, 0.1) is 24.3 Å². The smallest absolute Gasteiger partial charge is 0.109 e. The zero-order chi connectivity index (χ0) is 14.3. The molecule has 2 unspecified atom stereocenters. The van der Waals surface area contributed by atoms with E-state index in [9.17, 15) is 0 Å². The van der Waals surface area contributed by atoms with Crippen molar-refractivity contribution in [3.05, 3.63) is 35.9 Å². The van der Waals surface area contributed by atoms with Crippen LogP contribution < -0.4 is 0 Å². The molecule has 0 saturated carbocycles. The summed E-state index contributed by atoms with van der Waals surface area (Å²) in [7, 11) is -2.39. The van der Waals surface area contributed by atoms with Crippen LogP contribution in [0.5, 0.6) is 0 Å². The lowest BCUT2D eigenvalue weighted by molar-refractivity contribution is 0.455. The quantitative estimate of drug-likeness (QED) is 0.418. The Bertz CT molecular complexity index is 408. The monoisotopic (exact) mass is 310 g/mol. The average Bonchev–Trinajstić information content (AvgIpc) is 2.93. The molecule has 1 aromatic carbocycles. The fourth-order valence-electron chi connectivity index (χ4n) is 3.35. The van der Waals surface area contributed by atoms with Gasteiger partial charge >= 0.3 is 0 Å². The van der Waals surface area contributed by atoms with Gasteiger partial charge in [0.2, 0.25) is 0 Å². The lowest BCUT2D eigenvalue weighted by Crippen LogP contribution is -2.51. The Morgan fingerprint density at radius 2 is 1.53 bits per heavy atom. The van der Waals surface area contributed by atoms with Crippen LogP contribution in [0.25, 0.3) is 0 Å². The number of benzene rings is 1. The minimum atomic E-state index is -1.12. The van der Waals surface area contributed by atoms with Gasteiger partial charge in [-0.05, 0) is 10.5 Å². The maximum atomic E-state index is 6.17. The van der Waals surface area contributed by atoms with E-state index in [2.05, 4.69) is 69.6 Å². The molecule has 1 saturated heterocycles. The van der Waals surface area contributed by atoms with Gasteiger partial charge in [-0.15, -0.1) is 0 Å². The van der Waals surface area contributed by atoms with Crippen LogP contribution in [0.4, 0.5) is 0 Å². The maximum Gasteiger partial charge on any atom is 0.109 e. The van der Waals surface area contributed by atoms with Crippen LogP contribution in [-0.4, -0.2) is 26.9 Å². The minimum absolute atomic E-state index is 0.154. The second-order valence-corrected chi connectivity index (χ2v) is 21.9. The Kier molecular flexibility index (Phi) is 4.42. The standard InChI is InChI=1S/C15H27OPSi2/c1-18(2,3)15(19(4,5)6)17-14(16-17)12-13-10-8-7-9-11-13/h7-11,14-15H,12H2,1-6H3. The summed E-state index contributed by atoms with van der Waals surface area (Å²) in [5, 5.41) is 0. The Balaban J connectivity index is 2.04. The first-order valence-electron chi connectivity index (χ1n) is 7.18. The fourth-order valence-corrected chi connectivity index (χ4v) is 22.5. The van der Waals surface area contributed by atoms with Crippen LogP contribution in [0.2, 0.25) is 39.3 Å². The van der Waals surface area contributed by atoms with Crippen molar-refractivity contribution in [3.63, 3.8) is 0 Å². The molecule has 0 bridgehead atoms. The zero-order valence-corrected chi connectivity index (χ0v) is 16.0. The van der Waals surface area contributed by atoms with Crippen LogP contribution >= 0.6 is 8.15 Å². The Hall–Kier alpha value is 0.0438. The zero-order valence-electron chi connectivity index (χ0n) is 13.1. The Morgan fingerprint density at radius 1 is 1.00 bits per heavy atom. The van der Waals surface area contributed by atoms with E-state index in [1.54, 1.807) is 0 Å². The SMILES string of the molecule is C[Si](C)(C)C(P1OC1Cc1ccccc1)[Si](C)(C)C. The molecule has 0 spiro atoms. The van der Waals surface area contributed by atoms with Crippen molar-refractivity contribution in [1.29, 1.82) is 0 Å². The molecule has 1 aliphatic heterocycles. The van der Waals surface area contributed by atoms with Crippen molar-refractivity contribution < 1.29 is 4.52 Å². The molecule has 0 N–H and O–H groups in total. The molecule has 0 radical (unpaired) electrons. The van der Waals surface area contributed by atoms with Gasteiger partial charge in [-0.1, -0.05) is 69.6 Å². The normalized spacial score (nSPS) is 23.7. The van der Waals surface area contributed by atoms with Crippen molar-refractivity contribution in [2.75, 3.05) is 0 Å². The Labute approximate surface area is 121 Å². The summed E-state index contributed by atoms with van der Waals surface area (Å²) < 4.78 is 6.17. The molecule has 0 amide bonds. The molecule has 0 aliphatic carbocycles. The number of hydrogen-bond donors (Lipinski definition) is 0. The third kappa shape index (κ3) is 4.01. The van der Waals surface area contributed by atoms with E-state index < -0.39 is 16.1 Å². The second kappa shape index (κ2) is 5.44. The van der Waals surface area contributed by atoms with Crippen LogP contribution in [-0.2, 0) is 10.9 Å². The van der Waals surface area contributed by atoms with Crippen molar-refractivity contribution in [1.82, 2.24) is 0 Å². The van der Waals surface area contributed by atoms with Crippen LogP contribution in [0.1, 0.15) is 5.56 Å². The summed E-state index contributed by atoms with van der Waals surface area (Å²) in [6.45, 7) is 15.2. The van der Waals surface area contributed by atoms with Crippen molar-refractivity contribution in [3.8, 4) is 0 Å². The predicted octanol–water partition coefficient (Wildman–Crippen LogP) is 5.11. The van der Waals surface area contributed by atoms with Gasteiger partial charge < -0.3 is 4.52 Å². The first-order chi connectivity index (χ1) is 8.69. The van der Waals surface area contributed by atoms with Crippen molar-refractivity contribution in [2.24, 2.45) is 0 Å². The first kappa shape index (κ1) is 15.4. The molecule has 2 rings (SSSR count). The van der Waals surface area contributed by atoms with E-state index in [0.29, 0.717) is 5.85 Å². The number of hydrogen-bond acceptors (Lipinski definition) is 1. The largest absolute Gasteiger partial charge is 0.346 e. The highest BCUT2D eigenvalue weighted by Gasteiger charge is 2.54. The van der Waals surface area contributed by atoms with E-state index in [1.807, 2.05) is 0 Å². The maximum absolute atomic E-state index is 6.17. The fraction of sp³-hybridized carbons (Fsp3) is 0.600. The van der Waals surface area contributed by atoms with Gasteiger partial charge in [-0.2, -0.15) is 0 Å². The van der Waals surface area contributed by atoms with Gasteiger partial charge in [-0.3, -0.25) is 0 Å². The molecular formula is C15H27OPSi2. The summed E-state index contributed by atoms with van der Waals surface area (Å²) in [4.78, 5) is 0.934. The van der Waals surface area contributed by atoms with E-state index in [1.165, 1.54) is 5.56 Å². The first-order valence-corrected chi connectivity index (χ1v) is 15.7. The molecule has 0 aromatic heterocycles. The van der Waals surface area contributed by atoms with Gasteiger partial charge in [0.15, 0.2) is 0 Å². The van der Waals surface area contributed by atoms with Gasteiger partial charge in [-0.25, -0.2) is 0 Å². The summed E-state index contributed by atoms with van der Waals surface area (Å²) in [6, 6.07) is 10.8. The van der Waals surface area contributed by atoms with Gasteiger partial charge in [0.25, 0.3) is 0 Å². The minimum Gasteiger partial charge on any atom is -0.346 e. The third-order valence-electron chi connectivity index (χ3n) is 3.63. The van der Waals surface area contributed by atoms with Gasteiger partial charge in [0, 0.05) is 6.42 Å². The van der Waals surface area contributed by atoms with E-state index in [-0.39, 0.29) is 8.15 Å². The molecular weight excluding hydrogens is 283 g/mol.